The summed E-state index contributed by atoms with van der Waals surface area (Å²) in [6, 6.07) is 0.887. The second-order valence-electron chi connectivity index (χ2n) is 6.09. The predicted octanol–water partition coefficient (Wildman–Crippen LogP) is 2.81. The van der Waals surface area contributed by atoms with Gasteiger partial charge in [-0.3, -0.25) is 0 Å². The van der Waals surface area contributed by atoms with E-state index in [2.05, 4.69) is 33.0 Å². The third-order valence-corrected chi connectivity index (χ3v) is 3.95. The first-order chi connectivity index (χ1) is 7.54. The van der Waals surface area contributed by atoms with E-state index in [9.17, 15) is 5.11 Å². The Morgan fingerprint density at radius 2 is 1.75 bits per heavy atom. The average Bonchev–Trinajstić information content (AvgIpc) is 2.21. The van der Waals surface area contributed by atoms with Crippen molar-refractivity contribution in [2.24, 2.45) is 17.8 Å². The molecule has 1 aliphatic rings. The summed E-state index contributed by atoms with van der Waals surface area (Å²) in [7, 11) is 0. The van der Waals surface area contributed by atoms with Crippen molar-refractivity contribution in [1.82, 2.24) is 5.32 Å². The van der Waals surface area contributed by atoms with Gasteiger partial charge in [0.25, 0.3) is 0 Å². The van der Waals surface area contributed by atoms with Crippen LogP contribution in [0.5, 0.6) is 0 Å². The molecule has 0 aromatic carbocycles. The highest BCUT2D eigenvalue weighted by atomic mass is 16.3. The van der Waals surface area contributed by atoms with Crippen molar-refractivity contribution >= 4 is 0 Å². The van der Waals surface area contributed by atoms with Crippen molar-refractivity contribution in [2.45, 2.75) is 65.5 Å². The largest absolute Gasteiger partial charge is 0.395 e. The van der Waals surface area contributed by atoms with E-state index in [1.807, 2.05) is 0 Å². The molecule has 2 heteroatoms. The molecule has 1 rings (SSSR count). The van der Waals surface area contributed by atoms with Gasteiger partial charge in [0.2, 0.25) is 0 Å². The van der Waals surface area contributed by atoms with E-state index in [0.717, 1.165) is 18.3 Å². The molecule has 0 bridgehead atoms. The van der Waals surface area contributed by atoms with Crippen molar-refractivity contribution in [3.63, 3.8) is 0 Å². The normalized spacial score (nSPS) is 33.0. The fourth-order valence-electron chi connectivity index (χ4n) is 3.05. The maximum atomic E-state index is 9.42. The van der Waals surface area contributed by atoms with Crippen molar-refractivity contribution in [3.05, 3.63) is 0 Å². The van der Waals surface area contributed by atoms with Gasteiger partial charge >= 0.3 is 0 Å². The van der Waals surface area contributed by atoms with Gasteiger partial charge in [0.05, 0.1) is 6.61 Å². The van der Waals surface area contributed by atoms with Crippen LogP contribution in [0.3, 0.4) is 0 Å². The zero-order valence-electron chi connectivity index (χ0n) is 11.4. The van der Waals surface area contributed by atoms with E-state index in [4.69, 9.17) is 0 Å². The van der Waals surface area contributed by atoms with Crippen LogP contribution in [0.15, 0.2) is 0 Å². The van der Waals surface area contributed by atoms with Gasteiger partial charge in [-0.05, 0) is 37.0 Å². The molecular formula is C14H29NO. The van der Waals surface area contributed by atoms with Crippen molar-refractivity contribution in [2.75, 3.05) is 6.61 Å². The first-order valence-electron chi connectivity index (χ1n) is 6.91. The van der Waals surface area contributed by atoms with E-state index >= 15 is 0 Å². The van der Waals surface area contributed by atoms with E-state index in [-0.39, 0.29) is 12.6 Å². The first kappa shape index (κ1) is 14.0. The summed E-state index contributed by atoms with van der Waals surface area (Å²) < 4.78 is 0. The summed E-state index contributed by atoms with van der Waals surface area (Å²) in [6.07, 6.45) is 5.12. The maximum absolute atomic E-state index is 9.42. The molecule has 2 N–H and O–H groups in total. The number of aliphatic hydroxyl groups is 1. The fraction of sp³-hybridized carbons (Fsp3) is 1.00. The lowest BCUT2D eigenvalue weighted by Gasteiger charge is -2.38. The molecule has 0 amide bonds. The van der Waals surface area contributed by atoms with Crippen LogP contribution in [0.1, 0.15) is 53.4 Å². The minimum atomic E-state index is 0.272. The number of hydrogen-bond donors (Lipinski definition) is 2. The molecule has 96 valence electrons. The molecule has 0 aromatic heterocycles. The summed E-state index contributed by atoms with van der Waals surface area (Å²) in [4.78, 5) is 0. The lowest BCUT2D eigenvalue weighted by Crippen LogP contribution is -2.49. The Balaban J connectivity index is 2.48. The molecule has 0 aliphatic heterocycles. The Labute approximate surface area is 101 Å². The van der Waals surface area contributed by atoms with Crippen LogP contribution in [-0.2, 0) is 0 Å². The molecule has 0 aromatic rings. The van der Waals surface area contributed by atoms with Crippen LogP contribution >= 0.6 is 0 Å². The van der Waals surface area contributed by atoms with Crippen LogP contribution in [0.4, 0.5) is 0 Å². The molecule has 0 radical (unpaired) electrons. The van der Waals surface area contributed by atoms with Crippen molar-refractivity contribution < 1.29 is 5.11 Å². The lowest BCUT2D eigenvalue weighted by molar-refractivity contribution is 0.150. The number of aliphatic hydroxyl groups excluding tert-OH is 1. The van der Waals surface area contributed by atoms with E-state index in [0.29, 0.717) is 12.0 Å². The monoisotopic (exact) mass is 227 g/mol. The lowest BCUT2D eigenvalue weighted by atomic mass is 9.78. The van der Waals surface area contributed by atoms with E-state index < -0.39 is 0 Å². The van der Waals surface area contributed by atoms with Crippen LogP contribution in [-0.4, -0.2) is 23.8 Å². The van der Waals surface area contributed by atoms with Gasteiger partial charge in [-0.15, -0.1) is 0 Å². The van der Waals surface area contributed by atoms with Gasteiger partial charge in [-0.25, -0.2) is 0 Å². The third kappa shape index (κ3) is 4.06. The number of nitrogens with one attached hydrogen (secondary N) is 1. The van der Waals surface area contributed by atoms with Crippen molar-refractivity contribution in [1.29, 1.82) is 0 Å². The van der Waals surface area contributed by atoms with E-state index in [1.165, 1.54) is 19.3 Å². The molecule has 3 atom stereocenters. The Kier molecular flexibility index (Phi) is 5.77. The third-order valence-electron chi connectivity index (χ3n) is 3.95. The highest BCUT2D eigenvalue weighted by molar-refractivity contribution is 4.86. The van der Waals surface area contributed by atoms with Crippen LogP contribution in [0.2, 0.25) is 0 Å². The minimum Gasteiger partial charge on any atom is -0.395 e. The standard InChI is InChI=1S/C14H29NO/c1-10(2)8-13(9-16)15-14-11(3)6-5-7-12(14)4/h10-16H,5-9H2,1-4H3. The Morgan fingerprint density at radius 3 is 2.19 bits per heavy atom. The van der Waals surface area contributed by atoms with Gasteiger partial charge in [0.15, 0.2) is 0 Å². The SMILES string of the molecule is CC(C)CC(CO)NC1C(C)CCCC1C. The number of rotatable bonds is 5. The average molecular weight is 227 g/mol. The second kappa shape index (κ2) is 6.61. The summed E-state index contributed by atoms with van der Waals surface area (Å²) in [6.45, 7) is 9.40. The van der Waals surface area contributed by atoms with Gasteiger partial charge in [0.1, 0.15) is 0 Å². The summed E-state index contributed by atoms with van der Waals surface area (Å²) in [5.41, 5.74) is 0. The molecule has 3 unspecified atom stereocenters. The fourth-order valence-corrected chi connectivity index (χ4v) is 3.05. The quantitative estimate of drug-likeness (QED) is 0.757. The molecule has 1 fully saturated rings. The summed E-state index contributed by atoms with van der Waals surface area (Å²) in [5.74, 6) is 2.16. The van der Waals surface area contributed by atoms with Gasteiger partial charge in [-0.1, -0.05) is 34.1 Å². The predicted molar refractivity (Wildman–Crippen MR) is 69.4 cm³/mol. The smallest absolute Gasteiger partial charge is 0.0584 e. The topological polar surface area (TPSA) is 32.3 Å². The Morgan fingerprint density at radius 1 is 1.19 bits per heavy atom. The summed E-state index contributed by atoms with van der Waals surface area (Å²) in [5, 5.41) is 13.1. The zero-order chi connectivity index (χ0) is 12.1. The van der Waals surface area contributed by atoms with Gasteiger partial charge in [-0.2, -0.15) is 0 Å². The summed E-state index contributed by atoms with van der Waals surface area (Å²) >= 11 is 0. The van der Waals surface area contributed by atoms with Crippen molar-refractivity contribution in [3.8, 4) is 0 Å². The molecule has 0 spiro atoms. The highest BCUT2D eigenvalue weighted by Gasteiger charge is 2.29. The molecule has 1 aliphatic carbocycles. The Bertz CT molecular complexity index is 183. The first-order valence-corrected chi connectivity index (χ1v) is 6.91. The highest BCUT2D eigenvalue weighted by Crippen LogP contribution is 2.29. The second-order valence-corrected chi connectivity index (χ2v) is 6.09. The maximum Gasteiger partial charge on any atom is 0.0584 e. The molecule has 2 nitrogen and oxygen atoms in total. The van der Waals surface area contributed by atoms with Gasteiger partial charge < -0.3 is 10.4 Å². The number of hydrogen-bond acceptors (Lipinski definition) is 2. The van der Waals surface area contributed by atoms with E-state index in [1.54, 1.807) is 0 Å². The van der Waals surface area contributed by atoms with Crippen LogP contribution in [0.25, 0.3) is 0 Å². The zero-order valence-corrected chi connectivity index (χ0v) is 11.4. The molecule has 16 heavy (non-hydrogen) atoms. The molecule has 0 heterocycles. The molecule has 1 saturated carbocycles. The Hall–Kier alpha value is -0.0800. The van der Waals surface area contributed by atoms with Crippen LogP contribution in [0, 0.1) is 17.8 Å². The molecule has 0 saturated heterocycles. The molecular weight excluding hydrogens is 198 g/mol. The minimum absolute atomic E-state index is 0.272. The van der Waals surface area contributed by atoms with Gasteiger partial charge in [0, 0.05) is 12.1 Å². The van der Waals surface area contributed by atoms with Crippen LogP contribution < -0.4 is 5.32 Å².